The largest absolute Gasteiger partial charge is 0.491 e. The smallest absolute Gasteiger partial charge is 0.338 e. The number of fused-ring (bicyclic) bond motifs is 1. The first kappa shape index (κ1) is 20.9. The van der Waals surface area contributed by atoms with Crippen molar-refractivity contribution in [3.63, 3.8) is 0 Å². The predicted octanol–water partition coefficient (Wildman–Crippen LogP) is 3.24. The van der Waals surface area contributed by atoms with E-state index in [-0.39, 0.29) is 18.6 Å². The van der Waals surface area contributed by atoms with Crippen LogP contribution in [0.1, 0.15) is 28.8 Å². The maximum atomic E-state index is 12.2. The molecule has 0 bridgehead atoms. The standard InChI is InChI=1S/C24H26N2O5/c27-23(25-12-11-18-14-26-22-6-2-1-5-21(18)22)16-31-24(28)17-7-9-19(10-8-17)30-15-20-4-3-13-29-20/h1-2,5-10,14,20,26H,3-4,11-13,15-16H2,(H,25,27)/t20-/m0/s1. The number of aromatic nitrogens is 1. The molecule has 1 aromatic heterocycles. The highest BCUT2D eigenvalue weighted by Gasteiger charge is 2.16. The number of esters is 1. The average Bonchev–Trinajstić information content (AvgIpc) is 3.47. The zero-order valence-corrected chi connectivity index (χ0v) is 17.3. The fraction of sp³-hybridized carbons (Fsp3) is 0.333. The molecule has 0 spiro atoms. The number of rotatable bonds is 9. The van der Waals surface area contributed by atoms with E-state index >= 15 is 0 Å². The molecule has 2 heterocycles. The van der Waals surface area contributed by atoms with Gasteiger partial charge in [-0.1, -0.05) is 18.2 Å². The van der Waals surface area contributed by atoms with Crippen LogP contribution < -0.4 is 10.1 Å². The van der Waals surface area contributed by atoms with E-state index in [2.05, 4.69) is 10.3 Å². The minimum Gasteiger partial charge on any atom is -0.491 e. The molecule has 2 N–H and O–H groups in total. The number of carbonyl (C=O) groups is 2. The second-order valence-corrected chi connectivity index (χ2v) is 7.51. The molecule has 1 saturated heterocycles. The summed E-state index contributed by atoms with van der Waals surface area (Å²) in [7, 11) is 0. The molecule has 162 valence electrons. The topological polar surface area (TPSA) is 89.7 Å². The Bertz CT molecular complexity index is 1020. The lowest BCUT2D eigenvalue weighted by molar-refractivity contribution is -0.124. The highest BCUT2D eigenvalue weighted by atomic mass is 16.5. The highest BCUT2D eigenvalue weighted by Crippen LogP contribution is 2.18. The number of H-pyrrole nitrogens is 1. The summed E-state index contributed by atoms with van der Waals surface area (Å²) in [5.74, 6) is -0.204. The SMILES string of the molecule is O=C(COC(=O)c1ccc(OC[C@@H]2CCCO2)cc1)NCCc1c[nH]c2ccccc12. The molecule has 1 amide bonds. The van der Waals surface area contributed by atoms with E-state index in [0.717, 1.165) is 35.9 Å². The first-order chi connectivity index (χ1) is 15.2. The molecular weight excluding hydrogens is 396 g/mol. The minimum absolute atomic E-state index is 0.138. The minimum atomic E-state index is -0.544. The van der Waals surface area contributed by atoms with Crippen molar-refractivity contribution >= 4 is 22.8 Å². The summed E-state index contributed by atoms with van der Waals surface area (Å²) in [4.78, 5) is 27.4. The fourth-order valence-corrected chi connectivity index (χ4v) is 3.59. The Morgan fingerprint density at radius 3 is 2.77 bits per heavy atom. The lowest BCUT2D eigenvalue weighted by Gasteiger charge is -2.11. The summed E-state index contributed by atoms with van der Waals surface area (Å²) in [5, 5.41) is 3.93. The van der Waals surface area contributed by atoms with Gasteiger partial charge in [0.15, 0.2) is 6.61 Å². The first-order valence-electron chi connectivity index (χ1n) is 10.5. The maximum absolute atomic E-state index is 12.2. The number of nitrogens with one attached hydrogen (secondary N) is 2. The number of carbonyl (C=O) groups excluding carboxylic acids is 2. The van der Waals surface area contributed by atoms with Gasteiger partial charge < -0.3 is 24.5 Å². The molecule has 0 radical (unpaired) electrons. The van der Waals surface area contributed by atoms with E-state index in [9.17, 15) is 9.59 Å². The Morgan fingerprint density at radius 2 is 1.97 bits per heavy atom. The molecule has 1 fully saturated rings. The van der Waals surface area contributed by atoms with Gasteiger partial charge >= 0.3 is 5.97 Å². The molecule has 0 unspecified atom stereocenters. The van der Waals surface area contributed by atoms with Gasteiger partial charge in [0.25, 0.3) is 5.91 Å². The molecule has 7 heteroatoms. The number of ether oxygens (including phenoxy) is 3. The van der Waals surface area contributed by atoms with E-state index in [1.54, 1.807) is 24.3 Å². The third kappa shape index (κ3) is 5.64. The van der Waals surface area contributed by atoms with Gasteiger partial charge in [0.2, 0.25) is 0 Å². The van der Waals surface area contributed by atoms with Crippen LogP contribution in [-0.2, 0) is 20.7 Å². The molecule has 1 aliphatic rings. The van der Waals surface area contributed by atoms with Crippen LogP contribution in [0.25, 0.3) is 10.9 Å². The van der Waals surface area contributed by atoms with Gasteiger partial charge in [0, 0.05) is 30.3 Å². The second kappa shape index (κ2) is 10.1. The van der Waals surface area contributed by atoms with Gasteiger partial charge in [-0.2, -0.15) is 0 Å². The van der Waals surface area contributed by atoms with Gasteiger partial charge in [-0.15, -0.1) is 0 Å². The first-order valence-corrected chi connectivity index (χ1v) is 10.5. The van der Waals surface area contributed by atoms with Crippen molar-refractivity contribution < 1.29 is 23.8 Å². The Kier molecular flexibility index (Phi) is 6.84. The van der Waals surface area contributed by atoms with Crippen LogP contribution in [0.5, 0.6) is 5.75 Å². The Labute approximate surface area is 180 Å². The summed E-state index contributed by atoms with van der Waals surface area (Å²) in [5.41, 5.74) is 2.58. The number of aromatic amines is 1. The van der Waals surface area contributed by atoms with Crippen molar-refractivity contribution in [1.82, 2.24) is 10.3 Å². The molecule has 0 saturated carbocycles. The lowest BCUT2D eigenvalue weighted by Crippen LogP contribution is -2.30. The van der Waals surface area contributed by atoms with Crippen LogP contribution in [0.4, 0.5) is 0 Å². The summed E-state index contributed by atoms with van der Waals surface area (Å²) in [6.45, 7) is 1.44. The number of para-hydroxylation sites is 1. The van der Waals surface area contributed by atoms with E-state index in [0.29, 0.717) is 30.9 Å². The van der Waals surface area contributed by atoms with Crippen LogP contribution in [-0.4, -0.2) is 49.3 Å². The average molecular weight is 422 g/mol. The van der Waals surface area contributed by atoms with Crippen molar-refractivity contribution in [2.24, 2.45) is 0 Å². The summed E-state index contributed by atoms with van der Waals surface area (Å²) in [6.07, 6.45) is 4.85. The molecule has 31 heavy (non-hydrogen) atoms. The molecule has 2 aromatic carbocycles. The third-order valence-electron chi connectivity index (χ3n) is 5.28. The molecule has 1 aliphatic heterocycles. The molecular formula is C24H26N2O5. The molecule has 4 rings (SSSR count). The zero-order chi connectivity index (χ0) is 21.5. The van der Waals surface area contributed by atoms with Crippen LogP contribution in [0.2, 0.25) is 0 Å². The fourth-order valence-electron chi connectivity index (χ4n) is 3.59. The van der Waals surface area contributed by atoms with Crippen LogP contribution in [0.15, 0.2) is 54.7 Å². The Hall–Kier alpha value is -3.32. The van der Waals surface area contributed by atoms with E-state index < -0.39 is 5.97 Å². The van der Waals surface area contributed by atoms with Gasteiger partial charge in [-0.25, -0.2) is 4.79 Å². The van der Waals surface area contributed by atoms with Crippen molar-refractivity contribution in [3.05, 3.63) is 65.9 Å². The predicted molar refractivity (Wildman–Crippen MR) is 116 cm³/mol. The van der Waals surface area contributed by atoms with Gasteiger partial charge in [-0.05, 0) is 55.2 Å². The van der Waals surface area contributed by atoms with Crippen molar-refractivity contribution in [2.75, 3.05) is 26.4 Å². The quantitative estimate of drug-likeness (QED) is 0.517. The van der Waals surface area contributed by atoms with Gasteiger partial charge in [-0.3, -0.25) is 4.79 Å². The number of benzene rings is 2. The second-order valence-electron chi connectivity index (χ2n) is 7.51. The summed E-state index contributed by atoms with van der Waals surface area (Å²) >= 11 is 0. The normalized spacial score (nSPS) is 15.7. The van der Waals surface area contributed by atoms with E-state index in [1.165, 1.54) is 0 Å². The zero-order valence-electron chi connectivity index (χ0n) is 17.3. The third-order valence-corrected chi connectivity index (χ3v) is 5.28. The molecule has 3 aromatic rings. The van der Waals surface area contributed by atoms with Gasteiger partial charge in [0.05, 0.1) is 11.7 Å². The van der Waals surface area contributed by atoms with E-state index in [1.807, 2.05) is 30.5 Å². The summed E-state index contributed by atoms with van der Waals surface area (Å²) in [6, 6.07) is 14.7. The van der Waals surface area contributed by atoms with Crippen LogP contribution in [0.3, 0.4) is 0 Å². The van der Waals surface area contributed by atoms with Crippen LogP contribution in [0, 0.1) is 0 Å². The highest BCUT2D eigenvalue weighted by molar-refractivity contribution is 5.91. The monoisotopic (exact) mass is 422 g/mol. The van der Waals surface area contributed by atoms with Gasteiger partial charge in [0.1, 0.15) is 12.4 Å². The number of amides is 1. The van der Waals surface area contributed by atoms with Crippen molar-refractivity contribution in [3.8, 4) is 5.75 Å². The molecule has 0 aliphatic carbocycles. The maximum Gasteiger partial charge on any atom is 0.338 e. The lowest BCUT2D eigenvalue weighted by atomic mass is 10.1. The Morgan fingerprint density at radius 1 is 1.13 bits per heavy atom. The molecule has 7 nitrogen and oxygen atoms in total. The number of hydrogen-bond acceptors (Lipinski definition) is 5. The Balaban J connectivity index is 1.17. The van der Waals surface area contributed by atoms with Crippen LogP contribution >= 0.6 is 0 Å². The number of hydrogen-bond donors (Lipinski definition) is 2. The summed E-state index contributed by atoms with van der Waals surface area (Å²) < 4.78 is 16.3. The van der Waals surface area contributed by atoms with Crippen molar-refractivity contribution in [2.45, 2.75) is 25.4 Å². The molecule has 1 atom stereocenters. The van der Waals surface area contributed by atoms with Crippen molar-refractivity contribution in [1.29, 1.82) is 0 Å². The van der Waals surface area contributed by atoms with E-state index in [4.69, 9.17) is 14.2 Å².